The van der Waals surface area contributed by atoms with E-state index in [1.165, 1.54) is 11.1 Å². The topological polar surface area (TPSA) is 47.7 Å². The van der Waals surface area contributed by atoms with E-state index in [0.29, 0.717) is 12.1 Å². The first-order valence-corrected chi connectivity index (χ1v) is 7.97. The summed E-state index contributed by atoms with van der Waals surface area (Å²) in [5, 5.41) is 0. The van der Waals surface area contributed by atoms with E-state index in [2.05, 4.69) is 24.0 Å². The Labute approximate surface area is 127 Å². The van der Waals surface area contributed by atoms with Crippen molar-refractivity contribution >= 4 is 0 Å². The van der Waals surface area contributed by atoms with Crippen molar-refractivity contribution in [3.05, 3.63) is 29.3 Å². The molecule has 116 valence electrons. The van der Waals surface area contributed by atoms with Gasteiger partial charge in [0.15, 0.2) is 0 Å². The third kappa shape index (κ3) is 3.07. The second-order valence-electron chi connectivity index (χ2n) is 6.23. The van der Waals surface area contributed by atoms with Gasteiger partial charge in [0.2, 0.25) is 0 Å². The summed E-state index contributed by atoms with van der Waals surface area (Å²) in [6, 6.07) is 6.79. The lowest BCUT2D eigenvalue weighted by molar-refractivity contribution is 0.0557. The van der Waals surface area contributed by atoms with Crippen LogP contribution >= 0.6 is 0 Å². The lowest BCUT2D eigenvalue weighted by Gasteiger charge is -2.39. The van der Waals surface area contributed by atoms with Gasteiger partial charge in [-0.3, -0.25) is 4.90 Å². The van der Waals surface area contributed by atoms with Gasteiger partial charge in [0, 0.05) is 31.8 Å². The lowest BCUT2D eigenvalue weighted by Crippen LogP contribution is -2.47. The average Bonchev–Trinajstić information content (AvgIpc) is 2.72. The minimum absolute atomic E-state index is 0.0640. The molecular weight excluding hydrogens is 264 g/mol. The number of ether oxygens (including phenoxy) is 2. The molecule has 4 nitrogen and oxygen atoms in total. The van der Waals surface area contributed by atoms with Crippen molar-refractivity contribution in [2.45, 2.75) is 44.4 Å². The molecule has 0 spiro atoms. The number of fused-ring (bicyclic) bond motifs is 1. The van der Waals surface area contributed by atoms with Gasteiger partial charge in [0.25, 0.3) is 0 Å². The zero-order valence-corrected chi connectivity index (χ0v) is 13.0. The molecule has 3 unspecified atom stereocenters. The van der Waals surface area contributed by atoms with Gasteiger partial charge >= 0.3 is 0 Å². The van der Waals surface area contributed by atoms with Crippen LogP contribution in [0.15, 0.2) is 18.2 Å². The Morgan fingerprint density at radius 1 is 1.38 bits per heavy atom. The number of nitrogens with two attached hydrogens (primary N) is 1. The maximum atomic E-state index is 6.60. The molecule has 2 aliphatic rings. The molecule has 1 fully saturated rings. The highest BCUT2D eigenvalue weighted by Gasteiger charge is 2.32. The van der Waals surface area contributed by atoms with Crippen LogP contribution in [0.3, 0.4) is 0 Å². The van der Waals surface area contributed by atoms with Crippen molar-refractivity contribution in [1.29, 1.82) is 0 Å². The van der Waals surface area contributed by atoms with Crippen molar-refractivity contribution in [2.24, 2.45) is 5.73 Å². The summed E-state index contributed by atoms with van der Waals surface area (Å²) in [5.74, 6) is 0.900. The zero-order chi connectivity index (χ0) is 14.8. The van der Waals surface area contributed by atoms with Crippen LogP contribution in [0.5, 0.6) is 5.75 Å². The molecule has 0 amide bonds. The first-order chi connectivity index (χ1) is 10.2. The van der Waals surface area contributed by atoms with Crippen LogP contribution in [0.25, 0.3) is 0 Å². The SMILES string of the molecule is COc1ccc2c(c1)C(N)C(N1CCCOC(C)C1)CC2. The van der Waals surface area contributed by atoms with Crippen LogP contribution in [0.2, 0.25) is 0 Å². The fourth-order valence-corrected chi connectivity index (χ4v) is 3.67. The number of aryl methyl sites for hydroxylation is 1. The molecule has 0 aromatic heterocycles. The smallest absolute Gasteiger partial charge is 0.119 e. The molecule has 0 saturated carbocycles. The molecular formula is C17H26N2O2. The van der Waals surface area contributed by atoms with Crippen molar-refractivity contribution in [3.63, 3.8) is 0 Å². The summed E-state index contributed by atoms with van der Waals surface area (Å²) in [6.45, 7) is 5.09. The Morgan fingerprint density at radius 2 is 2.24 bits per heavy atom. The summed E-state index contributed by atoms with van der Waals surface area (Å²) < 4.78 is 11.1. The van der Waals surface area contributed by atoms with Gasteiger partial charge in [0.1, 0.15) is 5.75 Å². The molecule has 1 aromatic rings. The quantitative estimate of drug-likeness (QED) is 0.906. The number of benzene rings is 1. The zero-order valence-electron chi connectivity index (χ0n) is 13.0. The molecule has 1 saturated heterocycles. The summed E-state index contributed by atoms with van der Waals surface area (Å²) in [7, 11) is 1.71. The lowest BCUT2D eigenvalue weighted by atomic mass is 9.83. The molecule has 3 atom stereocenters. The minimum Gasteiger partial charge on any atom is -0.497 e. The third-order valence-electron chi connectivity index (χ3n) is 4.79. The van der Waals surface area contributed by atoms with Gasteiger partial charge in [-0.1, -0.05) is 6.07 Å². The molecule has 1 heterocycles. The number of nitrogens with zero attached hydrogens (tertiary/aromatic N) is 1. The maximum absolute atomic E-state index is 6.60. The minimum atomic E-state index is 0.0640. The summed E-state index contributed by atoms with van der Waals surface area (Å²) in [5.41, 5.74) is 9.23. The first-order valence-electron chi connectivity index (χ1n) is 7.97. The van der Waals surface area contributed by atoms with Gasteiger partial charge in [-0.05, 0) is 49.4 Å². The molecule has 0 bridgehead atoms. The van der Waals surface area contributed by atoms with E-state index in [1.54, 1.807) is 7.11 Å². The second kappa shape index (κ2) is 6.34. The van der Waals surface area contributed by atoms with E-state index < -0.39 is 0 Å². The summed E-state index contributed by atoms with van der Waals surface area (Å²) >= 11 is 0. The number of methoxy groups -OCH3 is 1. The van der Waals surface area contributed by atoms with Gasteiger partial charge in [-0.15, -0.1) is 0 Å². The molecule has 2 N–H and O–H groups in total. The molecule has 3 rings (SSSR count). The van der Waals surface area contributed by atoms with E-state index in [4.69, 9.17) is 15.2 Å². The fourth-order valence-electron chi connectivity index (χ4n) is 3.67. The summed E-state index contributed by atoms with van der Waals surface area (Å²) in [4.78, 5) is 2.53. The molecule has 1 aliphatic heterocycles. The van der Waals surface area contributed by atoms with Crippen molar-refractivity contribution in [2.75, 3.05) is 26.8 Å². The van der Waals surface area contributed by atoms with Crippen molar-refractivity contribution in [1.82, 2.24) is 4.90 Å². The van der Waals surface area contributed by atoms with Crippen LogP contribution in [0.1, 0.15) is 36.9 Å². The fraction of sp³-hybridized carbons (Fsp3) is 0.647. The van der Waals surface area contributed by atoms with Crippen LogP contribution < -0.4 is 10.5 Å². The molecule has 0 radical (unpaired) electrons. The van der Waals surface area contributed by atoms with Crippen LogP contribution in [-0.4, -0.2) is 43.9 Å². The molecule has 1 aliphatic carbocycles. The highest BCUT2D eigenvalue weighted by atomic mass is 16.5. The monoisotopic (exact) mass is 290 g/mol. The van der Waals surface area contributed by atoms with Gasteiger partial charge in [-0.2, -0.15) is 0 Å². The average molecular weight is 290 g/mol. The third-order valence-corrected chi connectivity index (χ3v) is 4.79. The van der Waals surface area contributed by atoms with E-state index in [-0.39, 0.29) is 6.04 Å². The van der Waals surface area contributed by atoms with Gasteiger partial charge < -0.3 is 15.2 Å². The second-order valence-corrected chi connectivity index (χ2v) is 6.23. The highest BCUT2D eigenvalue weighted by Crippen LogP contribution is 2.34. The standard InChI is InChI=1S/C17H26N2O2/c1-12-11-19(8-3-9-21-12)16-7-5-13-4-6-14(20-2)10-15(13)17(16)18/h4,6,10,12,16-17H,3,5,7-9,11,18H2,1-2H3. The van der Waals surface area contributed by atoms with Crippen LogP contribution in [0.4, 0.5) is 0 Å². The molecule has 4 heteroatoms. The number of rotatable bonds is 2. The Bertz CT molecular complexity index is 492. The number of hydrogen-bond donors (Lipinski definition) is 1. The highest BCUT2D eigenvalue weighted by molar-refractivity contribution is 5.40. The van der Waals surface area contributed by atoms with E-state index >= 15 is 0 Å². The first kappa shape index (κ1) is 14.8. The predicted octanol–water partition coefficient (Wildman–Crippen LogP) is 2.12. The van der Waals surface area contributed by atoms with Crippen LogP contribution in [0, 0.1) is 0 Å². The maximum Gasteiger partial charge on any atom is 0.119 e. The Balaban J connectivity index is 1.81. The van der Waals surface area contributed by atoms with E-state index in [0.717, 1.165) is 44.7 Å². The van der Waals surface area contributed by atoms with Crippen molar-refractivity contribution < 1.29 is 9.47 Å². The van der Waals surface area contributed by atoms with Crippen molar-refractivity contribution in [3.8, 4) is 5.75 Å². The largest absolute Gasteiger partial charge is 0.497 e. The Kier molecular flexibility index (Phi) is 4.48. The Hall–Kier alpha value is -1.10. The molecule has 21 heavy (non-hydrogen) atoms. The van der Waals surface area contributed by atoms with Gasteiger partial charge in [-0.25, -0.2) is 0 Å². The number of hydrogen-bond acceptors (Lipinski definition) is 4. The summed E-state index contributed by atoms with van der Waals surface area (Å²) in [6.07, 6.45) is 3.63. The predicted molar refractivity (Wildman–Crippen MR) is 83.6 cm³/mol. The Morgan fingerprint density at radius 3 is 3.05 bits per heavy atom. The van der Waals surface area contributed by atoms with E-state index in [1.807, 2.05) is 6.07 Å². The van der Waals surface area contributed by atoms with Crippen LogP contribution in [-0.2, 0) is 11.2 Å². The molecule has 1 aromatic carbocycles. The van der Waals surface area contributed by atoms with Gasteiger partial charge in [0.05, 0.1) is 13.2 Å². The normalized spacial score (nSPS) is 30.5. The van der Waals surface area contributed by atoms with E-state index in [9.17, 15) is 0 Å².